The fourth-order valence-electron chi connectivity index (χ4n) is 2.12. The highest BCUT2D eigenvalue weighted by Crippen LogP contribution is 2.28. The molecule has 0 aliphatic carbocycles. The third-order valence-electron chi connectivity index (χ3n) is 3.21. The van der Waals surface area contributed by atoms with Gasteiger partial charge in [0, 0.05) is 14.2 Å². The molecule has 0 aliphatic heterocycles. The highest BCUT2D eigenvalue weighted by atomic mass is 79.9. The number of aromatic nitrogens is 2. The van der Waals surface area contributed by atoms with Gasteiger partial charge in [0.1, 0.15) is 6.10 Å². The standard InChI is InChI=1S/C15H19BrN2O3/c1-20-8-7-18-14(13(16)9-17-18)15(19)12-5-3-11(4-6-12)10-21-2/h3-6,9,15,19H,7-8,10H2,1-2H3. The summed E-state index contributed by atoms with van der Waals surface area (Å²) in [6.45, 7) is 1.70. The van der Waals surface area contributed by atoms with Gasteiger partial charge in [0.25, 0.3) is 0 Å². The van der Waals surface area contributed by atoms with E-state index in [-0.39, 0.29) is 0 Å². The summed E-state index contributed by atoms with van der Waals surface area (Å²) in [7, 11) is 3.30. The van der Waals surface area contributed by atoms with Crippen molar-refractivity contribution in [1.82, 2.24) is 9.78 Å². The molecule has 0 fully saturated rings. The fourth-order valence-corrected chi connectivity index (χ4v) is 2.63. The molecule has 1 atom stereocenters. The van der Waals surface area contributed by atoms with Crippen molar-refractivity contribution in [1.29, 1.82) is 0 Å². The van der Waals surface area contributed by atoms with E-state index >= 15 is 0 Å². The van der Waals surface area contributed by atoms with Crippen molar-refractivity contribution >= 4 is 15.9 Å². The van der Waals surface area contributed by atoms with E-state index in [1.807, 2.05) is 24.3 Å². The number of benzene rings is 1. The lowest BCUT2D eigenvalue weighted by atomic mass is 10.0. The van der Waals surface area contributed by atoms with Crippen LogP contribution in [0.3, 0.4) is 0 Å². The van der Waals surface area contributed by atoms with E-state index in [9.17, 15) is 5.11 Å². The van der Waals surface area contributed by atoms with Gasteiger partial charge in [-0.15, -0.1) is 0 Å². The summed E-state index contributed by atoms with van der Waals surface area (Å²) >= 11 is 3.44. The molecule has 1 aromatic heterocycles. The Kier molecular flexibility index (Phi) is 5.93. The molecule has 21 heavy (non-hydrogen) atoms. The molecule has 5 nitrogen and oxygen atoms in total. The van der Waals surface area contributed by atoms with Crippen molar-refractivity contribution in [2.45, 2.75) is 19.3 Å². The van der Waals surface area contributed by atoms with E-state index in [0.29, 0.717) is 19.8 Å². The maximum absolute atomic E-state index is 10.6. The topological polar surface area (TPSA) is 56.5 Å². The smallest absolute Gasteiger partial charge is 0.122 e. The van der Waals surface area contributed by atoms with Crippen molar-refractivity contribution in [3.63, 3.8) is 0 Å². The van der Waals surface area contributed by atoms with Crippen LogP contribution in [0.15, 0.2) is 34.9 Å². The summed E-state index contributed by atoms with van der Waals surface area (Å²) in [5, 5.41) is 14.9. The maximum Gasteiger partial charge on any atom is 0.122 e. The average molecular weight is 355 g/mol. The first-order valence-electron chi connectivity index (χ1n) is 6.63. The number of hydrogen-bond donors (Lipinski definition) is 1. The van der Waals surface area contributed by atoms with Crippen LogP contribution in [0.25, 0.3) is 0 Å². The molecular formula is C15H19BrN2O3. The van der Waals surface area contributed by atoms with Crippen LogP contribution in [-0.2, 0) is 22.6 Å². The Morgan fingerprint density at radius 1 is 1.24 bits per heavy atom. The quantitative estimate of drug-likeness (QED) is 0.829. The lowest BCUT2D eigenvalue weighted by Gasteiger charge is -2.15. The Morgan fingerprint density at radius 3 is 2.57 bits per heavy atom. The van der Waals surface area contributed by atoms with Crippen LogP contribution in [0, 0.1) is 0 Å². The van der Waals surface area contributed by atoms with Gasteiger partial charge in [-0.3, -0.25) is 4.68 Å². The third-order valence-corrected chi connectivity index (χ3v) is 3.82. The van der Waals surface area contributed by atoms with Crippen molar-refractivity contribution in [3.05, 3.63) is 51.8 Å². The molecule has 1 aromatic carbocycles. The van der Waals surface area contributed by atoms with E-state index in [1.54, 1.807) is 25.1 Å². The monoisotopic (exact) mass is 354 g/mol. The number of methoxy groups -OCH3 is 2. The molecule has 2 aromatic rings. The molecule has 1 unspecified atom stereocenters. The van der Waals surface area contributed by atoms with Crippen LogP contribution < -0.4 is 0 Å². The summed E-state index contributed by atoms with van der Waals surface area (Å²) in [5.74, 6) is 0. The summed E-state index contributed by atoms with van der Waals surface area (Å²) in [5.41, 5.74) is 2.61. The van der Waals surface area contributed by atoms with Crippen molar-refractivity contribution in [3.8, 4) is 0 Å². The number of nitrogens with zero attached hydrogens (tertiary/aromatic N) is 2. The Labute approximate surface area is 132 Å². The highest BCUT2D eigenvalue weighted by Gasteiger charge is 2.19. The Bertz CT molecular complexity index is 569. The van der Waals surface area contributed by atoms with Gasteiger partial charge in [0.2, 0.25) is 0 Å². The zero-order chi connectivity index (χ0) is 15.2. The number of hydrogen-bond acceptors (Lipinski definition) is 4. The zero-order valence-corrected chi connectivity index (χ0v) is 13.7. The van der Waals surface area contributed by atoms with E-state index < -0.39 is 6.10 Å². The predicted molar refractivity (Wildman–Crippen MR) is 83.0 cm³/mol. The molecule has 0 amide bonds. The van der Waals surface area contributed by atoms with Crippen LogP contribution in [0.2, 0.25) is 0 Å². The number of aliphatic hydroxyl groups excluding tert-OH is 1. The Hall–Kier alpha value is -1.21. The van der Waals surface area contributed by atoms with Crippen LogP contribution in [0.4, 0.5) is 0 Å². The third kappa shape index (κ3) is 3.91. The predicted octanol–water partition coefficient (Wildman–Crippen LogP) is 2.52. The molecule has 0 radical (unpaired) electrons. The first-order valence-corrected chi connectivity index (χ1v) is 7.42. The van der Waals surface area contributed by atoms with Gasteiger partial charge in [0.05, 0.1) is 36.1 Å². The van der Waals surface area contributed by atoms with Gasteiger partial charge in [-0.25, -0.2) is 0 Å². The summed E-state index contributed by atoms with van der Waals surface area (Å²) in [6.07, 6.45) is 0.948. The summed E-state index contributed by atoms with van der Waals surface area (Å²) in [6, 6.07) is 7.70. The normalized spacial score (nSPS) is 12.6. The number of rotatable bonds is 7. The van der Waals surface area contributed by atoms with Crippen molar-refractivity contribution < 1.29 is 14.6 Å². The Balaban J connectivity index is 2.22. The average Bonchev–Trinajstić information content (AvgIpc) is 2.86. The summed E-state index contributed by atoms with van der Waals surface area (Å²) < 4.78 is 12.7. The molecule has 0 saturated heterocycles. The van der Waals surface area contributed by atoms with E-state index in [2.05, 4.69) is 21.0 Å². The second-order valence-electron chi connectivity index (χ2n) is 4.67. The molecule has 0 aliphatic rings. The Morgan fingerprint density at radius 2 is 1.95 bits per heavy atom. The van der Waals surface area contributed by atoms with Gasteiger partial charge < -0.3 is 14.6 Å². The molecule has 6 heteroatoms. The minimum absolute atomic E-state index is 0.542. The molecule has 2 rings (SSSR count). The van der Waals surface area contributed by atoms with Crippen molar-refractivity contribution in [2.75, 3.05) is 20.8 Å². The van der Waals surface area contributed by atoms with E-state index in [4.69, 9.17) is 9.47 Å². The van der Waals surface area contributed by atoms with Crippen LogP contribution in [-0.4, -0.2) is 35.7 Å². The summed E-state index contributed by atoms with van der Waals surface area (Å²) in [4.78, 5) is 0. The van der Waals surface area contributed by atoms with Crippen LogP contribution in [0.1, 0.15) is 22.9 Å². The van der Waals surface area contributed by atoms with E-state index in [0.717, 1.165) is 21.3 Å². The first kappa shape index (κ1) is 16.2. The van der Waals surface area contributed by atoms with Gasteiger partial charge in [-0.2, -0.15) is 5.10 Å². The second-order valence-corrected chi connectivity index (χ2v) is 5.53. The largest absolute Gasteiger partial charge is 0.383 e. The molecule has 1 N–H and O–H groups in total. The van der Waals surface area contributed by atoms with Crippen molar-refractivity contribution in [2.24, 2.45) is 0 Å². The minimum atomic E-state index is -0.740. The molecular weight excluding hydrogens is 336 g/mol. The lowest BCUT2D eigenvalue weighted by Crippen LogP contribution is -2.13. The molecule has 1 heterocycles. The molecule has 0 bridgehead atoms. The van der Waals surface area contributed by atoms with Gasteiger partial charge in [-0.05, 0) is 27.1 Å². The fraction of sp³-hybridized carbons (Fsp3) is 0.400. The molecule has 0 saturated carbocycles. The number of halogens is 1. The highest BCUT2D eigenvalue weighted by molar-refractivity contribution is 9.10. The lowest BCUT2D eigenvalue weighted by molar-refractivity contribution is 0.171. The molecule has 0 spiro atoms. The minimum Gasteiger partial charge on any atom is -0.383 e. The van der Waals surface area contributed by atoms with Crippen LogP contribution in [0.5, 0.6) is 0 Å². The van der Waals surface area contributed by atoms with Gasteiger partial charge in [0.15, 0.2) is 0 Å². The SMILES string of the molecule is COCCn1ncc(Br)c1C(O)c1ccc(COC)cc1. The maximum atomic E-state index is 10.6. The molecule has 114 valence electrons. The first-order chi connectivity index (χ1) is 10.2. The van der Waals surface area contributed by atoms with Gasteiger partial charge >= 0.3 is 0 Å². The number of aliphatic hydroxyl groups is 1. The second kappa shape index (κ2) is 7.70. The van der Waals surface area contributed by atoms with E-state index in [1.165, 1.54) is 0 Å². The number of ether oxygens (including phenoxy) is 2. The van der Waals surface area contributed by atoms with Gasteiger partial charge in [-0.1, -0.05) is 24.3 Å². The van der Waals surface area contributed by atoms with Crippen LogP contribution >= 0.6 is 15.9 Å². The zero-order valence-electron chi connectivity index (χ0n) is 12.1.